The van der Waals surface area contributed by atoms with Crippen LogP contribution in [0.5, 0.6) is 0 Å². The number of hydrogen-bond acceptors (Lipinski definition) is 3. The summed E-state index contributed by atoms with van der Waals surface area (Å²) in [5.74, 6) is -0.103. The molecule has 0 saturated heterocycles. The zero-order chi connectivity index (χ0) is 15.9. The maximum absolute atomic E-state index is 12.4. The van der Waals surface area contributed by atoms with E-state index in [9.17, 15) is 9.59 Å². The summed E-state index contributed by atoms with van der Waals surface area (Å²) in [6.07, 6.45) is 1.75. The molecule has 0 aliphatic carbocycles. The minimum Gasteiger partial charge on any atom is -0.382 e. The Morgan fingerprint density at radius 1 is 1.32 bits per heavy atom. The number of anilines is 1. The average Bonchev–Trinajstić information content (AvgIpc) is 2.93. The predicted molar refractivity (Wildman–Crippen MR) is 85.8 cm³/mol. The Balaban J connectivity index is 2.00. The normalized spacial score (nSPS) is 16.5. The van der Waals surface area contributed by atoms with Crippen LogP contribution in [-0.4, -0.2) is 37.6 Å². The second-order valence-electron chi connectivity index (χ2n) is 5.31. The molecule has 0 fully saturated rings. The van der Waals surface area contributed by atoms with Crippen LogP contribution in [0.15, 0.2) is 24.3 Å². The van der Waals surface area contributed by atoms with Gasteiger partial charge in [0.05, 0.1) is 0 Å². The molecule has 120 valence electrons. The molecule has 1 N–H and O–H groups in total. The van der Waals surface area contributed by atoms with Gasteiger partial charge in [-0.05, 0) is 25.0 Å². The van der Waals surface area contributed by atoms with Crippen LogP contribution in [0.4, 0.5) is 5.69 Å². The van der Waals surface area contributed by atoms with Crippen molar-refractivity contribution in [2.24, 2.45) is 0 Å². The first-order valence-corrected chi connectivity index (χ1v) is 7.94. The van der Waals surface area contributed by atoms with E-state index in [-0.39, 0.29) is 11.8 Å². The molecular formula is C17H24N2O3. The van der Waals surface area contributed by atoms with Crippen molar-refractivity contribution < 1.29 is 14.3 Å². The molecule has 22 heavy (non-hydrogen) atoms. The summed E-state index contributed by atoms with van der Waals surface area (Å²) in [5.41, 5.74) is 1.92. The summed E-state index contributed by atoms with van der Waals surface area (Å²) >= 11 is 0. The van der Waals surface area contributed by atoms with E-state index < -0.39 is 6.04 Å². The average molecular weight is 304 g/mol. The third-order valence-electron chi connectivity index (χ3n) is 3.82. The lowest BCUT2D eigenvalue weighted by atomic mass is 10.1. The lowest BCUT2D eigenvalue weighted by Crippen LogP contribution is -2.48. The van der Waals surface area contributed by atoms with E-state index in [4.69, 9.17) is 4.74 Å². The molecule has 0 radical (unpaired) electrons. The van der Waals surface area contributed by atoms with Gasteiger partial charge in [-0.2, -0.15) is 0 Å². The van der Waals surface area contributed by atoms with Crippen molar-refractivity contribution in [3.63, 3.8) is 0 Å². The lowest BCUT2D eigenvalue weighted by molar-refractivity contribution is -0.126. The molecule has 0 unspecified atom stereocenters. The van der Waals surface area contributed by atoms with Gasteiger partial charge in [0, 0.05) is 38.3 Å². The van der Waals surface area contributed by atoms with E-state index in [1.165, 1.54) is 0 Å². The van der Waals surface area contributed by atoms with Crippen molar-refractivity contribution in [2.75, 3.05) is 24.7 Å². The number of hydrogen-bond donors (Lipinski definition) is 1. The number of nitrogens with zero attached hydrogens (tertiary/aromatic N) is 1. The van der Waals surface area contributed by atoms with E-state index in [0.717, 1.165) is 17.7 Å². The highest BCUT2D eigenvalue weighted by Gasteiger charge is 2.37. The highest BCUT2D eigenvalue weighted by atomic mass is 16.5. The zero-order valence-corrected chi connectivity index (χ0v) is 13.3. The summed E-state index contributed by atoms with van der Waals surface area (Å²) in [4.78, 5) is 26.3. The van der Waals surface area contributed by atoms with Gasteiger partial charge in [0.1, 0.15) is 6.04 Å². The summed E-state index contributed by atoms with van der Waals surface area (Å²) < 4.78 is 5.25. The van der Waals surface area contributed by atoms with Gasteiger partial charge in [-0.3, -0.25) is 14.5 Å². The molecule has 2 rings (SSSR count). The van der Waals surface area contributed by atoms with Gasteiger partial charge >= 0.3 is 0 Å². The molecule has 1 aromatic carbocycles. The SMILES string of the molecule is CCOCCCNC(=O)[C@H]1Cc2ccccc2N1C(=O)CC. The molecule has 1 aliphatic heterocycles. The number of ether oxygens (including phenoxy) is 1. The highest BCUT2D eigenvalue weighted by Crippen LogP contribution is 2.32. The minimum atomic E-state index is -0.433. The number of rotatable bonds is 7. The van der Waals surface area contributed by atoms with Gasteiger partial charge in [-0.15, -0.1) is 0 Å². The molecule has 1 aromatic rings. The molecule has 2 amide bonds. The third kappa shape index (κ3) is 3.65. The van der Waals surface area contributed by atoms with Crippen LogP contribution in [0, 0.1) is 0 Å². The topological polar surface area (TPSA) is 58.6 Å². The fourth-order valence-electron chi connectivity index (χ4n) is 2.72. The molecule has 1 aliphatic rings. The fourth-order valence-corrected chi connectivity index (χ4v) is 2.72. The maximum atomic E-state index is 12.4. The largest absolute Gasteiger partial charge is 0.382 e. The van der Waals surface area contributed by atoms with E-state index in [2.05, 4.69) is 5.32 Å². The highest BCUT2D eigenvalue weighted by molar-refractivity contribution is 6.03. The molecular weight excluding hydrogens is 280 g/mol. The number of para-hydroxylation sites is 1. The van der Waals surface area contributed by atoms with Crippen molar-refractivity contribution in [3.8, 4) is 0 Å². The summed E-state index contributed by atoms with van der Waals surface area (Å²) in [6, 6.07) is 7.29. The number of carbonyl (C=O) groups excluding carboxylic acids is 2. The standard InChI is InChI=1S/C17H24N2O3/c1-3-16(20)19-14-9-6-5-8-13(14)12-15(19)17(21)18-10-7-11-22-4-2/h5-6,8-9,15H,3-4,7,10-12H2,1-2H3,(H,18,21)/t15-/m1/s1. The van der Waals surface area contributed by atoms with Gasteiger partial charge in [0.25, 0.3) is 0 Å². The Morgan fingerprint density at radius 2 is 2.09 bits per heavy atom. The quantitative estimate of drug-likeness (QED) is 0.783. The molecule has 0 saturated carbocycles. The third-order valence-corrected chi connectivity index (χ3v) is 3.82. The van der Waals surface area contributed by atoms with Crippen LogP contribution in [0.3, 0.4) is 0 Å². The maximum Gasteiger partial charge on any atom is 0.243 e. The van der Waals surface area contributed by atoms with Gasteiger partial charge in [0.2, 0.25) is 11.8 Å². The van der Waals surface area contributed by atoms with E-state index in [0.29, 0.717) is 32.6 Å². The van der Waals surface area contributed by atoms with Crippen LogP contribution in [-0.2, 0) is 20.7 Å². The van der Waals surface area contributed by atoms with Crippen LogP contribution < -0.4 is 10.2 Å². The van der Waals surface area contributed by atoms with E-state index >= 15 is 0 Å². The van der Waals surface area contributed by atoms with E-state index in [1.54, 1.807) is 4.90 Å². The van der Waals surface area contributed by atoms with Crippen LogP contribution in [0.2, 0.25) is 0 Å². The van der Waals surface area contributed by atoms with Gasteiger partial charge in [-0.25, -0.2) is 0 Å². The summed E-state index contributed by atoms with van der Waals surface area (Å²) in [5, 5.41) is 2.91. The predicted octanol–water partition coefficient (Wildman–Crippen LogP) is 1.90. The molecule has 5 heteroatoms. The molecule has 0 bridgehead atoms. The van der Waals surface area contributed by atoms with Crippen LogP contribution in [0.25, 0.3) is 0 Å². The van der Waals surface area contributed by atoms with E-state index in [1.807, 2.05) is 38.1 Å². The zero-order valence-electron chi connectivity index (χ0n) is 13.3. The van der Waals surface area contributed by atoms with Crippen molar-refractivity contribution in [2.45, 2.75) is 39.2 Å². The smallest absolute Gasteiger partial charge is 0.243 e. The Labute approximate surface area is 131 Å². The molecule has 0 spiro atoms. The molecule has 5 nitrogen and oxygen atoms in total. The first-order chi connectivity index (χ1) is 10.7. The van der Waals surface area contributed by atoms with Crippen molar-refractivity contribution in [3.05, 3.63) is 29.8 Å². The lowest BCUT2D eigenvalue weighted by Gasteiger charge is -2.24. The second-order valence-corrected chi connectivity index (χ2v) is 5.31. The summed E-state index contributed by atoms with van der Waals surface area (Å²) in [7, 11) is 0. The molecule has 1 atom stereocenters. The number of amides is 2. The van der Waals surface area contributed by atoms with Gasteiger partial charge in [-0.1, -0.05) is 25.1 Å². The first kappa shape index (κ1) is 16.5. The first-order valence-electron chi connectivity index (χ1n) is 7.94. The summed E-state index contributed by atoms with van der Waals surface area (Å²) in [6.45, 7) is 5.66. The van der Waals surface area contributed by atoms with Gasteiger partial charge < -0.3 is 10.1 Å². The monoisotopic (exact) mass is 304 g/mol. The van der Waals surface area contributed by atoms with Gasteiger partial charge in [0.15, 0.2) is 0 Å². The Hall–Kier alpha value is -1.88. The number of fused-ring (bicyclic) bond motifs is 1. The van der Waals surface area contributed by atoms with Crippen molar-refractivity contribution >= 4 is 17.5 Å². The van der Waals surface area contributed by atoms with Crippen molar-refractivity contribution in [1.82, 2.24) is 5.32 Å². The minimum absolute atomic E-state index is 0.0144. The number of carbonyl (C=O) groups is 2. The Morgan fingerprint density at radius 3 is 2.82 bits per heavy atom. The fraction of sp³-hybridized carbons (Fsp3) is 0.529. The number of benzene rings is 1. The molecule has 0 aromatic heterocycles. The van der Waals surface area contributed by atoms with Crippen LogP contribution in [0.1, 0.15) is 32.3 Å². The van der Waals surface area contributed by atoms with Crippen LogP contribution >= 0.6 is 0 Å². The number of nitrogens with one attached hydrogen (secondary N) is 1. The van der Waals surface area contributed by atoms with Crippen molar-refractivity contribution in [1.29, 1.82) is 0 Å². The second kappa shape index (κ2) is 7.94. The Kier molecular flexibility index (Phi) is 5.95. The Bertz CT molecular complexity index is 530. The molecule has 1 heterocycles.